The number of ether oxygens (including phenoxy) is 2. The predicted molar refractivity (Wildman–Crippen MR) is 116 cm³/mol. The maximum Gasteiger partial charge on any atom is 0.309 e. The van der Waals surface area contributed by atoms with Crippen molar-refractivity contribution in [1.29, 1.82) is 0 Å². The number of esters is 2. The second-order valence-corrected chi connectivity index (χ2v) is 8.11. The van der Waals surface area contributed by atoms with Gasteiger partial charge in [-0.05, 0) is 25.7 Å². The first-order valence-electron chi connectivity index (χ1n) is 11.7. The molecule has 0 aliphatic heterocycles. The molecule has 2 atom stereocenters. The van der Waals surface area contributed by atoms with Gasteiger partial charge in [0.25, 0.3) is 0 Å². The Bertz CT molecular complexity index is 424. The van der Waals surface area contributed by atoms with Crippen molar-refractivity contribution in [1.82, 2.24) is 0 Å². The standard InChI is InChI=1S/C23H44O7/c1-3-4-5-6-7-8-10-13-20(27)14-11-9-12-15-21(29-19(2)26)16-23(28)30-22(17-24)18-25/h20-22,24-25,27H,3-18H2,1-2H3/t20-,21-/m1/s1. The summed E-state index contributed by atoms with van der Waals surface area (Å²) in [5.74, 6) is -1.07. The van der Waals surface area contributed by atoms with Crippen LogP contribution in [0.5, 0.6) is 0 Å². The number of carbonyl (C=O) groups is 2. The molecule has 0 aromatic rings. The molecule has 0 unspecified atom stereocenters. The fourth-order valence-corrected chi connectivity index (χ4v) is 3.40. The van der Waals surface area contributed by atoms with Gasteiger partial charge in [-0.15, -0.1) is 0 Å². The van der Waals surface area contributed by atoms with E-state index in [4.69, 9.17) is 19.7 Å². The number of carbonyl (C=O) groups excluding carboxylic acids is 2. The zero-order valence-corrected chi connectivity index (χ0v) is 19.0. The molecule has 0 radical (unpaired) electrons. The van der Waals surface area contributed by atoms with Gasteiger partial charge in [-0.1, -0.05) is 64.7 Å². The van der Waals surface area contributed by atoms with Crippen LogP contribution in [0.1, 0.15) is 104 Å². The first kappa shape index (κ1) is 28.8. The number of aliphatic hydroxyl groups is 3. The van der Waals surface area contributed by atoms with Gasteiger partial charge in [0.2, 0.25) is 0 Å². The lowest BCUT2D eigenvalue weighted by molar-refractivity contribution is -0.160. The molecule has 0 saturated heterocycles. The summed E-state index contributed by atoms with van der Waals surface area (Å²) in [5.41, 5.74) is 0. The molecule has 7 nitrogen and oxygen atoms in total. The van der Waals surface area contributed by atoms with E-state index in [-0.39, 0.29) is 12.5 Å². The lowest BCUT2D eigenvalue weighted by Gasteiger charge is -2.18. The van der Waals surface area contributed by atoms with Gasteiger partial charge in [-0.3, -0.25) is 9.59 Å². The van der Waals surface area contributed by atoms with Crippen LogP contribution in [0.15, 0.2) is 0 Å². The molecule has 0 heterocycles. The van der Waals surface area contributed by atoms with Crippen molar-refractivity contribution in [3.05, 3.63) is 0 Å². The highest BCUT2D eigenvalue weighted by atomic mass is 16.6. The zero-order chi connectivity index (χ0) is 22.6. The molecule has 7 heteroatoms. The van der Waals surface area contributed by atoms with Crippen molar-refractivity contribution >= 4 is 11.9 Å². The highest BCUT2D eigenvalue weighted by Crippen LogP contribution is 2.16. The molecular formula is C23H44O7. The lowest BCUT2D eigenvalue weighted by Crippen LogP contribution is -2.29. The molecule has 0 bridgehead atoms. The Morgan fingerprint density at radius 3 is 1.77 bits per heavy atom. The summed E-state index contributed by atoms with van der Waals surface area (Å²) in [7, 11) is 0. The Hall–Kier alpha value is -1.18. The molecular weight excluding hydrogens is 388 g/mol. The average Bonchev–Trinajstić information content (AvgIpc) is 2.70. The van der Waals surface area contributed by atoms with Crippen molar-refractivity contribution in [2.24, 2.45) is 0 Å². The Labute approximate surface area is 182 Å². The minimum absolute atomic E-state index is 0.100. The van der Waals surface area contributed by atoms with E-state index in [1.54, 1.807) is 0 Å². The van der Waals surface area contributed by atoms with Crippen LogP contribution < -0.4 is 0 Å². The van der Waals surface area contributed by atoms with Gasteiger partial charge in [0.05, 0.1) is 25.7 Å². The molecule has 0 rings (SSSR count). The second-order valence-electron chi connectivity index (χ2n) is 8.11. The minimum Gasteiger partial charge on any atom is -0.462 e. The van der Waals surface area contributed by atoms with Gasteiger partial charge in [0.15, 0.2) is 0 Å². The SMILES string of the molecule is CCCCCCCCC[C@@H](O)CCCCC[C@H](CC(=O)OC(CO)CO)OC(C)=O. The van der Waals surface area contributed by atoms with Crippen LogP contribution in [0.2, 0.25) is 0 Å². The molecule has 0 spiro atoms. The summed E-state index contributed by atoms with van der Waals surface area (Å²) in [6.45, 7) is 2.60. The van der Waals surface area contributed by atoms with Crippen molar-refractivity contribution < 1.29 is 34.4 Å². The zero-order valence-electron chi connectivity index (χ0n) is 19.0. The molecule has 0 aliphatic carbocycles. The molecule has 0 amide bonds. The first-order chi connectivity index (χ1) is 14.4. The van der Waals surface area contributed by atoms with Crippen LogP contribution in [0.3, 0.4) is 0 Å². The number of unbranched alkanes of at least 4 members (excludes halogenated alkanes) is 8. The van der Waals surface area contributed by atoms with E-state index in [0.29, 0.717) is 6.42 Å². The normalized spacial score (nSPS) is 13.3. The third kappa shape index (κ3) is 17.7. The Balaban J connectivity index is 3.91. The lowest BCUT2D eigenvalue weighted by atomic mass is 10.0. The van der Waals surface area contributed by atoms with Gasteiger partial charge in [0, 0.05) is 6.92 Å². The van der Waals surface area contributed by atoms with Gasteiger partial charge >= 0.3 is 11.9 Å². The molecule has 0 fully saturated rings. The summed E-state index contributed by atoms with van der Waals surface area (Å²) >= 11 is 0. The monoisotopic (exact) mass is 432 g/mol. The summed E-state index contributed by atoms with van der Waals surface area (Å²) in [5, 5.41) is 28.0. The molecule has 3 N–H and O–H groups in total. The van der Waals surface area contributed by atoms with E-state index in [1.807, 2.05) is 0 Å². The van der Waals surface area contributed by atoms with E-state index in [1.165, 1.54) is 45.4 Å². The van der Waals surface area contributed by atoms with Crippen LogP contribution in [-0.2, 0) is 19.1 Å². The van der Waals surface area contributed by atoms with E-state index in [0.717, 1.165) is 38.5 Å². The van der Waals surface area contributed by atoms with Crippen molar-refractivity contribution in [3.63, 3.8) is 0 Å². The number of aliphatic hydroxyl groups excluding tert-OH is 3. The summed E-state index contributed by atoms with van der Waals surface area (Å²) in [6.07, 6.45) is 11.5. The largest absolute Gasteiger partial charge is 0.462 e. The molecule has 0 aromatic carbocycles. The van der Waals surface area contributed by atoms with E-state index >= 15 is 0 Å². The van der Waals surface area contributed by atoms with Gasteiger partial charge in [-0.25, -0.2) is 0 Å². The maximum absolute atomic E-state index is 11.9. The van der Waals surface area contributed by atoms with Gasteiger partial charge < -0.3 is 24.8 Å². The Morgan fingerprint density at radius 2 is 1.23 bits per heavy atom. The third-order valence-electron chi connectivity index (χ3n) is 5.14. The van der Waals surface area contributed by atoms with Gasteiger partial charge in [0.1, 0.15) is 12.2 Å². The third-order valence-corrected chi connectivity index (χ3v) is 5.14. The highest BCUT2D eigenvalue weighted by molar-refractivity contribution is 5.71. The van der Waals surface area contributed by atoms with Gasteiger partial charge in [-0.2, -0.15) is 0 Å². The van der Waals surface area contributed by atoms with Crippen LogP contribution in [-0.4, -0.2) is 58.8 Å². The highest BCUT2D eigenvalue weighted by Gasteiger charge is 2.20. The maximum atomic E-state index is 11.9. The number of hydrogen-bond donors (Lipinski definition) is 3. The molecule has 30 heavy (non-hydrogen) atoms. The van der Waals surface area contributed by atoms with Crippen molar-refractivity contribution in [2.45, 2.75) is 122 Å². The van der Waals surface area contributed by atoms with Crippen LogP contribution in [0.25, 0.3) is 0 Å². The Kier molecular flexibility index (Phi) is 19.0. The van der Waals surface area contributed by atoms with Crippen LogP contribution >= 0.6 is 0 Å². The number of hydrogen-bond acceptors (Lipinski definition) is 7. The summed E-state index contributed by atoms with van der Waals surface area (Å²) in [4.78, 5) is 23.1. The van der Waals surface area contributed by atoms with E-state index in [9.17, 15) is 14.7 Å². The van der Waals surface area contributed by atoms with E-state index in [2.05, 4.69) is 6.92 Å². The minimum atomic E-state index is -0.951. The quantitative estimate of drug-likeness (QED) is 0.199. The first-order valence-corrected chi connectivity index (χ1v) is 11.7. The predicted octanol–water partition coefficient (Wildman–Crippen LogP) is 3.66. The Morgan fingerprint density at radius 1 is 0.733 bits per heavy atom. The van der Waals surface area contributed by atoms with Crippen molar-refractivity contribution in [2.75, 3.05) is 13.2 Å². The van der Waals surface area contributed by atoms with Crippen molar-refractivity contribution in [3.8, 4) is 0 Å². The molecule has 0 aromatic heterocycles. The average molecular weight is 433 g/mol. The fraction of sp³-hybridized carbons (Fsp3) is 0.913. The smallest absolute Gasteiger partial charge is 0.309 e. The molecule has 0 aliphatic rings. The molecule has 0 saturated carbocycles. The molecule has 178 valence electrons. The summed E-state index contributed by atoms with van der Waals surface area (Å²) < 4.78 is 10.1. The van der Waals surface area contributed by atoms with Crippen LogP contribution in [0, 0.1) is 0 Å². The fourth-order valence-electron chi connectivity index (χ4n) is 3.40. The second kappa shape index (κ2) is 19.8. The van der Waals surface area contributed by atoms with E-state index < -0.39 is 37.4 Å². The topological polar surface area (TPSA) is 113 Å². The summed E-state index contributed by atoms with van der Waals surface area (Å²) in [6, 6.07) is 0. The number of rotatable bonds is 20. The van der Waals surface area contributed by atoms with Crippen LogP contribution in [0.4, 0.5) is 0 Å².